The Morgan fingerprint density at radius 2 is 2.11 bits per heavy atom. The summed E-state index contributed by atoms with van der Waals surface area (Å²) in [6.45, 7) is 1.58. The summed E-state index contributed by atoms with van der Waals surface area (Å²) in [6, 6.07) is 3.03. The fraction of sp³-hybridized carbons (Fsp3) is 0.333. The summed E-state index contributed by atoms with van der Waals surface area (Å²) < 4.78 is 13.5. The van der Waals surface area contributed by atoms with Gasteiger partial charge in [0.1, 0.15) is 11.9 Å². The quantitative estimate of drug-likeness (QED) is 0.815. The molecule has 0 aliphatic carbocycles. The zero-order valence-electron chi connectivity index (χ0n) is 10.2. The number of nitrogens with zero attached hydrogens (tertiary/aromatic N) is 1. The molecule has 18 heavy (non-hydrogen) atoms. The summed E-state index contributed by atoms with van der Waals surface area (Å²) in [7, 11) is 1.56. The van der Waals surface area contributed by atoms with Crippen molar-refractivity contribution in [1.29, 1.82) is 0 Å². The maximum Gasteiger partial charge on any atom is 0.320 e. The molecule has 0 aliphatic heterocycles. The number of likely N-dealkylation sites (N-methyl/N-ethyl adjacent to an activating group) is 1. The Hall–Kier alpha value is -1.95. The summed E-state index contributed by atoms with van der Waals surface area (Å²) in [4.78, 5) is 23.2. The molecule has 0 saturated carbocycles. The number of carbonyl (C=O) groups excluding carboxylic acids is 1. The van der Waals surface area contributed by atoms with Crippen molar-refractivity contribution in [2.75, 3.05) is 7.05 Å². The van der Waals surface area contributed by atoms with Crippen LogP contribution in [0.4, 0.5) is 4.39 Å². The lowest BCUT2D eigenvalue weighted by Crippen LogP contribution is -2.35. The van der Waals surface area contributed by atoms with E-state index in [1.54, 1.807) is 7.05 Å². The standard InChI is InChI=1S/C12H15FN2O3/c1-7(12(17)18)15(2)6-9-5-8(11(14)16)3-4-10(9)13/h3-5,7H,6H2,1-2H3,(H2,14,16)(H,17,18). The lowest BCUT2D eigenvalue weighted by molar-refractivity contribution is -0.142. The number of halogens is 1. The molecular weight excluding hydrogens is 239 g/mol. The average Bonchev–Trinajstić information content (AvgIpc) is 2.30. The van der Waals surface area contributed by atoms with Crippen molar-refractivity contribution >= 4 is 11.9 Å². The topological polar surface area (TPSA) is 83.6 Å². The van der Waals surface area contributed by atoms with E-state index in [2.05, 4.69) is 0 Å². The Morgan fingerprint density at radius 1 is 1.50 bits per heavy atom. The number of aliphatic carboxylic acids is 1. The highest BCUT2D eigenvalue weighted by molar-refractivity contribution is 5.92. The van der Waals surface area contributed by atoms with E-state index in [9.17, 15) is 14.0 Å². The molecule has 0 fully saturated rings. The van der Waals surface area contributed by atoms with Crippen molar-refractivity contribution in [3.8, 4) is 0 Å². The van der Waals surface area contributed by atoms with Gasteiger partial charge in [0.15, 0.2) is 0 Å². The highest BCUT2D eigenvalue weighted by atomic mass is 19.1. The van der Waals surface area contributed by atoms with Crippen LogP contribution in [0.5, 0.6) is 0 Å². The maximum atomic E-state index is 13.5. The van der Waals surface area contributed by atoms with E-state index in [1.165, 1.54) is 24.0 Å². The molecule has 5 nitrogen and oxygen atoms in total. The molecule has 1 aromatic rings. The molecule has 0 heterocycles. The number of amides is 1. The Bertz CT molecular complexity index is 476. The third kappa shape index (κ3) is 3.27. The van der Waals surface area contributed by atoms with Crippen molar-refractivity contribution in [2.24, 2.45) is 5.73 Å². The van der Waals surface area contributed by atoms with Gasteiger partial charge in [-0.3, -0.25) is 14.5 Å². The number of primary amides is 1. The highest BCUT2D eigenvalue weighted by Gasteiger charge is 2.18. The van der Waals surface area contributed by atoms with E-state index in [-0.39, 0.29) is 17.7 Å². The second-order valence-corrected chi connectivity index (χ2v) is 4.10. The van der Waals surface area contributed by atoms with Gasteiger partial charge in [-0.05, 0) is 32.2 Å². The molecule has 98 valence electrons. The molecule has 0 bridgehead atoms. The number of hydrogen-bond donors (Lipinski definition) is 2. The van der Waals surface area contributed by atoms with Crippen molar-refractivity contribution in [1.82, 2.24) is 4.90 Å². The van der Waals surface area contributed by atoms with E-state index >= 15 is 0 Å². The predicted octanol–water partition coefficient (Wildman–Crippen LogP) is 0.829. The molecule has 6 heteroatoms. The third-order valence-corrected chi connectivity index (χ3v) is 2.77. The van der Waals surface area contributed by atoms with Crippen molar-refractivity contribution < 1.29 is 19.1 Å². The number of carboxylic acids is 1. The molecule has 1 unspecified atom stereocenters. The third-order valence-electron chi connectivity index (χ3n) is 2.77. The molecular formula is C12H15FN2O3. The van der Waals surface area contributed by atoms with Gasteiger partial charge in [-0.15, -0.1) is 0 Å². The second-order valence-electron chi connectivity index (χ2n) is 4.10. The Kier molecular flexibility index (Phi) is 4.38. The number of carbonyl (C=O) groups is 2. The van der Waals surface area contributed by atoms with E-state index < -0.39 is 23.7 Å². The molecule has 1 atom stereocenters. The van der Waals surface area contributed by atoms with Crippen LogP contribution < -0.4 is 5.73 Å². The van der Waals surface area contributed by atoms with Crippen LogP contribution >= 0.6 is 0 Å². The Morgan fingerprint density at radius 3 is 2.61 bits per heavy atom. The van der Waals surface area contributed by atoms with E-state index in [1.807, 2.05) is 0 Å². The van der Waals surface area contributed by atoms with Crippen molar-refractivity contribution in [3.05, 3.63) is 35.1 Å². The number of nitrogens with two attached hydrogens (primary N) is 1. The Labute approximate surface area is 104 Å². The minimum absolute atomic E-state index is 0.0837. The van der Waals surface area contributed by atoms with Crippen LogP contribution in [0, 0.1) is 5.82 Å². The first kappa shape index (κ1) is 14.1. The average molecular weight is 254 g/mol. The summed E-state index contributed by atoms with van der Waals surface area (Å²) >= 11 is 0. The van der Waals surface area contributed by atoms with Crippen LogP contribution in [0.25, 0.3) is 0 Å². The van der Waals surface area contributed by atoms with Gasteiger partial charge < -0.3 is 10.8 Å². The summed E-state index contributed by atoms with van der Waals surface area (Å²) in [6.07, 6.45) is 0. The summed E-state index contributed by atoms with van der Waals surface area (Å²) in [5.41, 5.74) is 5.54. The van der Waals surface area contributed by atoms with Gasteiger partial charge in [-0.25, -0.2) is 4.39 Å². The van der Waals surface area contributed by atoms with E-state index in [4.69, 9.17) is 10.8 Å². The van der Waals surface area contributed by atoms with Crippen molar-refractivity contribution in [2.45, 2.75) is 19.5 Å². The van der Waals surface area contributed by atoms with Gasteiger partial charge in [0.2, 0.25) is 5.91 Å². The number of carboxylic acid groups (broad SMARTS) is 1. The first-order valence-corrected chi connectivity index (χ1v) is 5.34. The van der Waals surface area contributed by atoms with Crippen molar-refractivity contribution in [3.63, 3.8) is 0 Å². The minimum atomic E-state index is -0.996. The summed E-state index contributed by atoms with van der Waals surface area (Å²) in [5, 5.41) is 8.83. The number of benzene rings is 1. The Balaban J connectivity index is 2.93. The summed E-state index contributed by atoms with van der Waals surface area (Å²) in [5.74, 6) is -2.14. The zero-order valence-corrected chi connectivity index (χ0v) is 10.2. The van der Waals surface area contributed by atoms with Crippen LogP contribution in [0.2, 0.25) is 0 Å². The van der Waals surface area contributed by atoms with Gasteiger partial charge in [0, 0.05) is 17.7 Å². The van der Waals surface area contributed by atoms with Gasteiger partial charge >= 0.3 is 5.97 Å². The predicted molar refractivity (Wildman–Crippen MR) is 63.5 cm³/mol. The fourth-order valence-electron chi connectivity index (χ4n) is 1.44. The molecule has 0 aliphatic rings. The first-order valence-electron chi connectivity index (χ1n) is 5.34. The molecule has 1 aromatic carbocycles. The van der Waals surface area contributed by atoms with Gasteiger partial charge in [-0.2, -0.15) is 0 Å². The number of hydrogen-bond acceptors (Lipinski definition) is 3. The van der Waals surface area contributed by atoms with E-state index in [0.29, 0.717) is 0 Å². The van der Waals surface area contributed by atoms with Crippen LogP contribution in [-0.2, 0) is 11.3 Å². The van der Waals surface area contributed by atoms with E-state index in [0.717, 1.165) is 6.07 Å². The molecule has 0 radical (unpaired) electrons. The lowest BCUT2D eigenvalue weighted by atomic mass is 10.1. The molecule has 0 aromatic heterocycles. The molecule has 0 spiro atoms. The maximum absolute atomic E-state index is 13.5. The van der Waals surface area contributed by atoms with Crippen LogP contribution in [-0.4, -0.2) is 35.0 Å². The van der Waals surface area contributed by atoms with Crippen LogP contribution in [0.3, 0.4) is 0 Å². The largest absolute Gasteiger partial charge is 0.480 e. The first-order chi connectivity index (χ1) is 8.32. The molecule has 1 rings (SSSR count). The van der Waals surface area contributed by atoms with Gasteiger partial charge in [0.05, 0.1) is 0 Å². The smallest absolute Gasteiger partial charge is 0.320 e. The molecule has 1 amide bonds. The number of rotatable bonds is 5. The van der Waals surface area contributed by atoms with Crippen LogP contribution in [0.15, 0.2) is 18.2 Å². The normalized spacial score (nSPS) is 12.4. The van der Waals surface area contributed by atoms with Gasteiger partial charge in [0.25, 0.3) is 0 Å². The van der Waals surface area contributed by atoms with Gasteiger partial charge in [-0.1, -0.05) is 0 Å². The second kappa shape index (κ2) is 5.59. The minimum Gasteiger partial charge on any atom is -0.480 e. The zero-order chi connectivity index (χ0) is 13.9. The highest BCUT2D eigenvalue weighted by Crippen LogP contribution is 2.13. The SMILES string of the molecule is CC(C(=O)O)N(C)Cc1cc(C(N)=O)ccc1F. The molecule has 0 saturated heterocycles. The molecule has 3 N–H and O–H groups in total. The lowest BCUT2D eigenvalue weighted by Gasteiger charge is -2.21. The monoisotopic (exact) mass is 254 g/mol. The fourth-order valence-corrected chi connectivity index (χ4v) is 1.44. The van der Waals surface area contributed by atoms with Crippen LogP contribution in [0.1, 0.15) is 22.8 Å².